The van der Waals surface area contributed by atoms with Crippen LogP contribution in [0.15, 0.2) is 18.2 Å². The molecule has 4 rings (SSSR count). The molecule has 0 bridgehead atoms. The van der Waals surface area contributed by atoms with E-state index in [4.69, 9.17) is 17.3 Å². The number of hydrogen-bond donors (Lipinski definition) is 1. The highest BCUT2D eigenvalue weighted by Gasteiger charge is 2.24. The second-order valence-corrected chi connectivity index (χ2v) is 6.71. The molecule has 1 fully saturated rings. The lowest BCUT2D eigenvalue weighted by atomic mass is 10.1. The molecule has 1 aliphatic rings. The van der Waals surface area contributed by atoms with Gasteiger partial charge in [0.2, 0.25) is 4.96 Å². The first-order valence-corrected chi connectivity index (χ1v) is 8.20. The highest BCUT2D eigenvalue weighted by Crippen LogP contribution is 2.37. The third kappa shape index (κ3) is 2.10. The molecule has 2 N–H and O–H groups in total. The van der Waals surface area contributed by atoms with Crippen LogP contribution in [0.1, 0.15) is 37.4 Å². The fourth-order valence-electron chi connectivity index (χ4n) is 2.90. The summed E-state index contributed by atoms with van der Waals surface area (Å²) in [6.07, 6.45) is 4.87. The van der Waals surface area contributed by atoms with Crippen molar-refractivity contribution in [1.82, 2.24) is 19.8 Å². The number of rotatable bonds is 2. The summed E-state index contributed by atoms with van der Waals surface area (Å²) in [6.45, 7) is 0. The molecular formula is C14H14ClN5S. The lowest BCUT2D eigenvalue weighted by molar-refractivity contribution is 0.641. The highest BCUT2D eigenvalue weighted by atomic mass is 35.5. The van der Waals surface area contributed by atoms with Crippen LogP contribution in [0.5, 0.6) is 0 Å². The maximum Gasteiger partial charge on any atom is 0.234 e. The number of fused-ring (bicyclic) bond motifs is 1. The predicted octanol–water partition coefficient (Wildman–Crippen LogP) is 3.75. The Hall–Kier alpha value is -1.66. The summed E-state index contributed by atoms with van der Waals surface area (Å²) in [4.78, 5) is 0.811. The first-order valence-electron chi connectivity index (χ1n) is 7.00. The van der Waals surface area contributed by atoms with Crippen molar-refractivity contribution < 1.29 is 0 Å². The number of halogens is 1. The molecule has 2 heterocycles. The Morgan fingerprint density at radius 3 is 2.86 bits per heavy atom. The van der Waals surface area contributed by atoms with Crippen LogP contribution >= 0.6 is 22.9 Å². The summed E-state index contributed by atoms with van der Waals surface area (Å²) >= 11 is 7.58. The van der Waals surface area contributed by atoms with Gasteiger partial charge in [0.15, 0.2) is 5.82 Å². The van der Waals surface area contributed by atoms with Crippen LogP contribution in [0.25, 0.3) is 15.5 Å². The van der Waals surface area contributed by atoms with Crippen molar-refractivity contribution in [2.24, 2.45) is 0 Å². The van der Waals surface area contributed by atoms with Crippen molar-refractivity contribution in [1.29, 1.82) is 0 Å². The molecule has 108 valence electrons. The Morgan fingerprint density at radius 2 is 2.05 bits per heavy atom. The molecule has 7 heteroatoms. The van der Waals surface area contributed by atoms with Crippen LogP contribution in [0.4, 0.5) is 5.69 Å². The average Bonchev–Trinajstić information content (AvgIpc) is 3.16. The summed E-state index contributed by atoms with van der Waals surface area (Å²) in [5, 5.41) is 14.6. The molecule has 2 aromatic heterocycles. The van der Waals surface area contributed by atoms with E-state index in [2.05, 4.69) is 15.3 Å². The zero-order chi connectivity index (χ0) is 14.4. The average molecular weight is 320 g/mol. The van der Waals surface area contributed by atoms with Gasteiger partial charge in [-0.15, -0.1) is 10.2 Å². The standard InChI is InChI=1S/C14H14ClN5S/c15-10-7-3-6-9(11(10)16)13-19-20-12(8-4-1-2-5-8)17-18-14(20)21-13/h3,6-8H,1-2,4-5,16H2. The number of benzene rings is 1. The number of nitrogens with zero attached hydrogens (tertiary/aromatic N) is 4. The van der Waals surface area contributed by atoms with Crippen LogP contribution in [0.2, 0.25) is 5.02 Å². The van der Waals surface area contributed by atoms with Crippen molar-refractivity contribution in [3.05, 3.63) is 29.0 Å². The van der Waals surface area contributed by atoms with Crippen molar-refractivity contribution in [2.75, 3.05) is 5.73 Å². The van der Waals surface area contributed by atoms with Gasteiger partial charge in [0.25, 0.3) is 0 Å². The van der Waals surface area contributed by atoms with Crippen LogP contribution in [0, 0.1) is 0 Å². The van der Waals surface area contributed by atoms with Gasteiger partial charge in [-0.1, -0.05) is 41.8 Å². The molecule has 1 saturated carbocycles. The fourth-order valence-corrected chi connectivity index (χ4v) is 3.96. The molecule has 0 radical (unpaired) electrons. The molecule has 0 aliphatic heterocycles. The van der Waals surface area contributed by atoms with Gasteiger partial charge >= 0.3 is 0 Å². The summed E-state index contributed by atoms with van der Waals surface area (Å²) in [6, 6.07) is 5.60. The van der Waals surface area contributed by atoms with E-state index in [1.807, 2.05) is 16.6 Å². The molecule has 5 nitrogen and oxygen atoms in total. The molecule has 21 heavy (non-hydrogen) atoms. The molecule has 0 unspecified atom stereocenters. The summed E-state index contributed by atoms with van der Waals surface area (Å²) in [5.74, 6) is 1.46. The first-order chi connectivity index (χ1) is 10.2. The first kappa shape index (κ1) is 13.0. The van der Waals surface area contributed by atoms with Gasteiger partial charge in [0.05, 0.1) is 10.7 Å². The zero-order valence-corrected chi connectivity index (χ0v) is 12.9. The molecule has 0 spiro atoms. The normalized spacial score (nSPS) is 16.0. The second-order valence-electron chi connectivity index (χ2n) is 5.34. The van der Waals surface area contributed by atoms with Crippen LogP contribution < -0.4 is 5.73 Å². The van der Waals surface area contributed by atoms with E-state index in [-0.39, 0.29) is 0 Å². The van der Waals surface area contributed by atoms with Crippen molar-refractivity contribution in [3.63, 3.8) is 0 Å². The van der Waals surface area contributed by atoms with E-state index in [9.17, 15) is 0 Å². The van der Waals surface area contributed by atoms with Crippen molar-refractivity contribution in [2.45, 2.75) is 31.6 Å². The zero-order valence-electron chi connectivity index (χ0n) is 11.3. The third-order valence-electron chi connectivity index (χ3n) is 4.02. The Bertz CT molecular complexity index is 803. The summed E-state index contributed by atoms with van der Waals surface area (Å²) in [7, 11) is 0. The number of nitrogens with two attached hydrogens (primary N) is 1. The monoisotopic (exact) mass is 319 g/mol. The number of nitrogen functional groups attached to an aromatic ring is 1. The molecule has 0 amide bonds. The van der Waals surface area contributed by atoms with Gasteiger partial charge in [-0.05, 0) is 25.0 Å². The van der Waals surface area contributed by atoms with Crippen molar-refractivity contribution in [3.8, 4) is 10.6 Å². The molecule has 0 atom stereocenters. The van der Waals surface area contributed by atoms with Crippen molar-refractivity contribution >= 4 is 33.6 Å². The SMILES string of the molecule is Nc1c(Cl)cccc1-c1nn2c(C3CCCC3)nnc2s1. The lowest BCUT2D eigenvalue weighted by Gasteiger charge is -2.04. The topological polar surface area (TPSA) is 69.1 Å². The van der Waals surface area contributed by atoms with Crippen LogP contribution in [0.3, 0.4) is 0 Å². The smallest absolute Gasteiger partial charge is 0.234 e. The third-order valence-corrected chi connectivity index (χ3v) is 5.28. The maximum atomic E-state index is 6.09. The predicted molar refractivity (Wildman–Crippen MR) is 84.7 cm³/mol. The molecule has 0 saturated heterocycles. The van der Waals surface area contributed by atoms with Gasteiger partial charge in [0.1, 0.15) is 5.01 Å². The lowest BCUT2D eigenvalue weighted by Crippen LogP contribution is -2.01. The van der Waals surface area contributed by atoms with Gasteiger partial charge < -0.3 is 5.73 Å². The summed E-state index contributed by atoms with van der Waals surface area (Å²) in [5.41, 5.74) is 7.47. The molecule has 1 aromatic carbocycles. The Labute approximate surface area is 130 Å². The number of para-hydroxylation sites is 1. The minimum absolute atomic E-state index is 0.478. The van der Waals surface area contributed by atoms with E-state index < -0.39 is 0 Å². The number of anilines is 1. The number of hydrogen-bond acceptors (Lipinski definition) is 5. The Kier molecular flexibility index (Phi) is 3.08. The Balaban J connectivity index is 1.82. The summed E-state index contributed by atoms with van der Waals surface area (Å²) < 4.78 is 1.87. The quantitative estimate of drug-likeness (QED) is 0.730. The minimum atomic E-state index is 0.478. The Morgan fingerprint density at radius 1 is 1.24 bits per heavy atom. The van der Waals surface area contributed by atoms with E-state index in [1.165, 1.54) is 37.0 Å². The molecule has 3 aromatic rings. The van der Waals surface area contributed by atoms with Gasteiger partial charge in [-0.25, -0.2) is 0 Å². The number of aromatic nitrogens is 4. The maximum absolute atomic E-state index is 6.09. The molecule has 1 aliphatic carbocycles. The van der Waals surface area contributed by atoms with E-state index in [0.29, 0.717) is 16.6 Å². The largest absolute Gasteiger partial charge is 0.397 e. The van der Waals surface area contributed by atoms with E-state index in [1.54, 1.807) is 6.07 Å². The highest BCUT2D eigenvalue weighted by molar-refractivity contribution is 7.19. The van der Waals surface area contributed by atoms with Gasteiger partial charge in [-0.2, -0.15) is 9.61 Å². The van der Waals surface area contributed by atoms with E-state index >= 15 is 0 Å². The van der Waals surface area contributed by atoms with Crippen LogP contribution in [-0.2, 0) is 0 Å². The minimum Gasteiger partial charge on any atom is -0.397 e. The van der Waals surface area contributed by atoms with Gasteiger partial charge in [0, 0.05) is 11.5 Å². The van der Waals surface area contributed by atoms with Crippen LogP contribution in [-0.4, -0.2) is 19.8 Å². The molecular weight excluding hydrogens is 306 g/mol. The fraction of sp³-hybridized carbons (Fsp3) is 0.357. The van der Waals surface area contributed by atoms with E-state index in [0.717, 1.165) is 21.4 Å². The second kappa shape index (κ2) is 4.96. The van der Waals surface area contributed by atoms with Gasteiger partial charge in [-0.3, -0.25) is 0 Å².